The number of aliphatic carboxylic acids is 1. The van der Waals surface area contributed by atoms with Gasteiger partial charge in [0.15, 0.2) is 5.82 Å². The zero-order chi connectivity index (χ0) is 28.8. The first-order chi connectivity index (χ1) is 20.4. The first-order valence-electron chi connectivity index (χ1n) is 14.3. The molecule has 2 fully saturated rings. The summed E-state index contributed by atoms with van der Waals surface area (Å²) in [4.78, 5) is 26.6. The van der Waals surface area contributed by atoms with Crippen molar-refractivity contribution in [2.24, 2.45) is 0 Å². The highest BCUT2D eigenvalue weighted by Gasteiger charge is 2.35. The third-order valence-electron chi connectivity index (χ3n) is 8.41. The van der Waals surface area contributed by atoms with Crippen LogP contribution in [0.1, 0.15) is 24.5 Å². The van der Waals surface area contributed by atoms with E-state index in [2.05, 4.69) is 32.4 Å². The molecule has 0 aliphatic carbocycles. The van der Waals surface area contributed by atoms with Crippen molar-refractivity contribution in [3.8, 4) is 16.9 Å². The first kappa shape index (κ1) is 26.2. The van der Waals surface area contributed by atoms with E-state index in [1.54, 1.807) is 12.1 Å². The summed E-state index contributed by atoms with van der Waals surface area (Å²) in [7, 11) is 0. The van der Waals surface area contributed by atoms with Gasteiger partial charge in [0.2, 0.25) is 11.9 Å². The lowest BCUT2D eigenvalue weighted by atomic mass is 9.84. The van der Waals surface area contributed by atoms with E-state index < -0.39 is 5.97 Å². The number of hydrogen-bond donors (Lipinski definition) is 3. The van der Waals surface area contributed by atoms with Crippen molar-refractivity contribution in [1.29, 1.82) is 0 Å². The summed E-state index contributed by atoms with van der Waals surface area (Å²) in [6, 6.07) is 17.2. The van der Waals surface area contributed by atoms with Crippen LogP contribution in [0.15, 0.2) is 54.6 Å². The van der Waals surface area contributed by atoms with Crippen molar-refractivity contribution in [1.82, 2.24) is 24.6 Å². The van der Waals surface area contributed by atoms with E-state index in [9.17, 15) is 4.79 Å². The number of pyridine rings is 1. The largest absolute Gasteiger partial charge is 0.480 e. The maximum absolute atomic E-state index is 15.2. The summed E-state index contributed by atoms with van der Waals surface area (Å²) < 4.78 is 16.7. The average Bonchev–Trinajstić information content (AvgIpc) is 3.37. The number of piperazine rings is 1. The summed E-state index contributed by atoms with van der Waals surface area (Å²) >= 11 is 0. The normalized spacial score (nSPS) is 17.0. The number of anilines is 5. The molecule has 2 saturated heterocycles. The number of carboxylic acids is 1. The molecule has 0 amide bonds. The van der Waals surface area contributed by atoms with Gasteiger partial charge in [0, 0.05) is 56.4 Å². The lowest BCUT2D eigenvalue weighted by Crippen LogP contribution is -2.48. The van der Waals surface area contributed by atoms with E-state index in [0.29, 0.717) is 49.3 Å². The standard InChI is InChI=1S/C30H32FN9O2/c31-23-16-21(6-7-24(23)38-14-12-37(13-15-38)18-26(41)42)33-30-35-29(32)40(36-30)25-17-22(19-4-2-1-3-5-19)28-27(34-25)20-8-10-39(28)11-9-20/h1-7,16-17,20H,8-15,18H2,(H,41,42)(H3,32,33,35,36). The fourth-order valence-electron chi connectivity index (χ4n) is 6.34. The molecule has 0 radical (unpaired) electrons. The van der Waals surface area contributed by atoms with Gasteiger partial charge in [-0.05, 0) is 42.7 Å². The Bertz CT molecular complexity index is 1630. The van der Waals surface area contributed by atoms with Gasteiger partial charge < -0.3 is 26.0 Å². The molecule has 0 spiro atoms. The fraction of sp³-hybridized carbons (Fsp3) is 0.333. The summed E-state index contributed by atoms with van der Waals surface area (Å²) in [6.07, 6.45) is 2.16. The molecule has 12 heteroatoms. The number of aromatic nitrogens is 4. The minimum atomic E-state index is -0.856. The van der Waals surface area contributed by atoms with Gasteiger partial charge in [-0.2, -0.15) is 9.67 Å². The number of rotatable bonds is 7. The number of nitrogens with one attached hydrogen (secondary N) is 1. The average molecular weight is 570 g/mol. The summed E-state index contributed by atoms with van der Waals surface area (Å²) in [6.45, 7) is 4.30. The maximum atomic E-state index is 15.2. The van der Waals surface area contributed by atoms with Crippen LogP contribution in [-0.4, -0.2) is 81.5 Å². The highest BCUT2D eigenvalue weighted by Crippen LogP contribution is 2.46. The van der Waals surface area contributed by atoms with Crippen molar-refractivity contribution >= 4 is 34.9 Å². The number of hydrogen-bond acceptors (Lipinski definition) is 9. The van der Waals surface area contributed by atoms with Gasteiger partial charge in [0.1, 0.15) is 5.82 Å². The molecule has 8 rings (SSSR count). The Morgan fingerprint density at radius 2 is 1.74 bits per heavy atom. The minimum Gasteiger partial charge on any atom is -0.480 e. The van der Waals surface area contributed by atoms with Crippen molar-refractivity contribution in [2.45, 2.75) is 18.8 Å². The van der Waals surface area contributed by atoms with Crippen LogP contribution in [0.2, 0.25) is 0 Å². The molecule has 6 heterocycles. The lowest BCUT2D eigenvalue weighted by Gasteiger charge is -2.42. The van der Waals surface area contributed by atoms with Crippen LogP contribution < -0.4 is 20.9 Å². The van der Waals surface area contributed by atoms with Gasteiger partial charge in [-0.25, -0.2) is 9.37 Å². The minimum absolute atomic E-state index is 0.00444. The second kappa shape index (κ2) is 10.6. The molecule has 0 saturated carbocycles. The van der Waals surface area contributed by atoms with E-state index in [4.69, 9.17) is 15.8 Å². The predicted octanol–water partition coefficient (Wildman–Crippen LogP) is 3.70. The number of benzene rings is 2. The zero-order valence-corrected chi connectivity index (χ0v) is 23.1. The van der Waals surface area contributed by atoms with E-state index >= 15 is 4.39 Å². The SMILES string of the molecule is Nc1nc(Nc2ccc(N3CCN(CC(=O)O)CC3)c(F)c2)nn1-c1cc(-c2ccccc2)c2c(n1)C1CCN2CC1. The maximum Gasteiger partial charge on any atom is 0.317 e. The van der Waals surface area contributed by atoms with E-state index in [-0.39, 0.29) is 24.3 Å². The Balaban J connectivity index is 1.14. The first-order valence-corrected chi connectivity index (χ1v) is 14.3. The molecule has 4 aliphatic heterocycles. The fourth-order valence-corrected chi connectivity index (χ4v) is 6.34. The summed E-state index contributed by atoms with van der Waals surface area (Å²) in [5.41, 5.74) is 11.8. The van der Waals surface area contributed by atoms with Crippen LogP contribution in [0.3, 0.4) is 0 Å². The van der Waals surface area contributed by atoms with Crippen molar-refractivity contribution in [3.05, 3.63) is 66.1 Å². The molecule has 4 N–H and O–H groups in total. The summed E-state index contributed by atoms with van der Waals surface area (Å²) in [5, 5.41) is 16.7. The number of fused-ring (bicyclic) bond motifs is 2. The topological polar surface area (TPSA) is 129 Å². The Labute approximate surface area is 242 Å². The molecular weight excluding hydrogens is 537 g/mol. The zero-order valence-electron chi connectivity index (χ0n) is 23.1. The predicted molar refractivity (Wildman–Crippen MR) is 159 cm³/mol. The van der Waals surface area contributed by atoms with Crippen molar-refractivity contribution in [3.63, 3.8) is 0 Å². The van der Waals surface area contributed by atoms with Gasteiger partial charge in [-0.15, -0.1) is 5.10 Å². The molecule has 2 aromatic heterocycles. The second-order valence-electron chi connectivity index (χ2n) is 11.0. The van der Waals surface area contributed by atoms with Crippen molar-refractivity contribution < 1.29 is 14.3 Å². The molecule has 4 aliphatic rings. The molecule has 4 aromatic rings. The quantitative estimate of drug-likeness (QED) is 0.303. The number of piperidine rings is 1. The third kappa shape index (κ3) is 4.87. The van der Waals surface area contributed by atoms with Gasteiger partial charge >= 0.3 is 5.97 Å². The Morgan fingerprint density at radius 1 is 0.976 bits per heavy atom. The van der Waals surface area contributed by atoms with Crippen LogP contribution in [-0.2, 0) is 4.79 Å². The van der Waals surface area contributed by atoms with Crippen molar-refractivity contribution in [2.75, 3.05) is 66.7 Å². The highest BCUT2D eigenvalue weighted by molar-refractivity contribution is 5.83. The number of halogens is 1. The van der Waals surface area contributed by atoms with Gasteiger partial charge in [0.25, 0.3) is 0 Å². The Morgan fingerprint density at radius 3 is 2.45 bits per heavy atom. The monoisotopic (exact) mass is 569 g/mol. The molecule has 216 valence electrons. The molecule has 0 unspecified atom stereocenters. The number of nitrogen functional groups attached to an aromatic ring is 1. The molecule has 0 atom stereocenters. The smallest absolute Gasteiger partial charge is 0.317 e. The van der Waals surface area contributed by atoms with Crippen LogP contribution in [0.4, 0.5) is 33.3 Å². The van der Waals surface area contributed by atoms with Gasteiger partial charge in [-0.3, -0.25) is 9.69 Å². The summed E-state index contributed by atoms with van der Waals surface area (Å²) in [5.74, 6) is 0.188. The third-order valence-corrected chi connectivity index (χ3v) is 8.41. The molecule has 2 bridgehead atoms. The molecule has 2 aromatic carbocycles. The van der Waals surface area contributed by atoms with Gasteiger partial charge in [0.05, 0.1) is 23.6 Å². The van der Waals surface area contributed by atoms with Crippen LogP contribution in [0.25, 0.3) is 16.9 Å². The second-order valence-corrected chi connectivity index (χ2v) is 11.0. The number of carboxylic acid groups (broad SMARTS) is 1. The van der Waals surface area contributed by atoms with Gasteiger partial charge in [-0.1, -0.05) is 30.3 Å². The molecule has 11 nitrogen and oxygen atoms in total. The van der Waals surface area contributed by atoms with E-state index in [1.807, 2.05) is 34.1 Å². The lowest BCUT2D eigenvalue weighted by molar-refractivity contribution is -0.138. The molecular formula is C30H32FN9O2. The van der Waals surface area contributed by atoms with E-state index in [0.717, 1.165) is 42.8 Å². The number of carbonyl (C=O) groups is 1. The van der Waals surface area contributed by atoms with Crippen LogP contribution in [0, 0.1) is 5.82 Å². The highest BCUT2D eigenvalue weighted by atomic mass is 19.1. The number of nitrogens with two attached hydrogens (primary N) is 1. The number of nitrogens with zero attached hydrogens (tertiary/aromatic N) is 7. The van der Waals surface area contributed by atoms with Crippen LogP contribution >= 0.6 is 0 Å². The Kier molecular flexibility index (Phi) is 6.62. The molecule has 42 heavy (non-hydrogen) atoms. The van der Waals surface area contributed by atoms with Crippen LogP contribution in [0.5, 0.6) is 0 Å². The van der Waals surface area contributed by atoms with E-state index in [1.165, 1.54) is 16.4 Å². The Hall–Kier alpha value is -4.71.